The van der Waals surface area contributed by atoms with E-state index in [-0.39, 0.29) is 13.0 Å². The van der Waals surface area contributed by atoms with E-state index in [0.717, 1.165) is 5.01 Å². The predicted octanol–water partition coefficient (Wildman–Crippen LogP) is -0.180. The van der Waals surface area contributed by atoms with Crippen LogP contribution in [0.4, 0.5) is 4.79 Å². The second-order valence-corrected chi connectivity index (χ2v) is 4.46. The molecule has 2 amide bonds. The normalized spacial score (nSPS) is 11.8. The molecule has 0 saturated carbocycles. The Morgan fingerprint density at radius 2 is 2.28 bits per heavy atom. The van der Waals surface area contributed by atoms with Gasteiger partial charge in [-0.05, 0) is 0 Å². The second kappa shape index (κ2) is 7.62. The fraction of sp³-hybridized carbons (Fsp3) is 0.500. The standard InChI is InChI=1S/C10H15N3O4S/c14-5-2-7(9(15)16)13-10(17)12-3-1-8-11-4-6-18-8/h4,6-7,14H,1-3,5H2,(H,15,16)(H2,12,13,17)/t7-/m0/s1. The van der Waals surface area contributed by atoms with Crippen LogP contribution in [0.3, 0.4) is 0 Å². The molecule has 18 heavy (non-hydrogen) atoms. The van der Waals surface area contributed by atoms with Gasteiger partial charge < -0.3 is 20.8 Å². The maximum absolute atomic E-state index is 11.4. The summed E-state index contributed by atoms with van der Waals surface area (Å²) in [5.41, 5.74) is 0. The number of aromatic nitrogens is 1. The first-order valence-corrected chi connectivity index (χ1v) is 6.28. The van der Waals surface area contributed by atoms with Gasteiger partial charge in [-0.3, -0.25) is 0 Å². The highest BCUT2D eigenvalue weighted by atomic mass is 32.1. The van der Waals surface area contributed by atoms with Gasteiger partial charge in [-0.15, -0.1) is 11.3 Å². The summed E-state index contributed by atoms with van der Waals surface area (Å²) in [5.74, 6) is -1.17. The lowest BCUT2D eigenvalue weighted by atomic mass is 10.2. The van der Waals surface area contributed by atoms with Gasteiger partial charge >= 0.3 is 12.0 Å². The van der Waals surface area contributed by atoms with Gasteiger partial charge in [-0.25, -0.2) is 14.6 Å². The number of carbonyl (C=O) groups is 2. The van der Waals surface area contributed by atoms with E-state index in [0.29, 0.717) is 13.0 Å². The predicted molar refractivity (Wildman–Crippen MR) is 65.5 cm³/mol. The molecular weight excluding hydrogens is 258 g/mol. The summed E-state index contributed by atoms with van der Waals surface area (Å²) in [5, 5.41) is 25.0. The number of hydrogen-bond donors (Lipinski definition) is 4. The summed E-state index contributed by atoms with van der Waals surface area (Å²) in [6.07, 6.45) is 2.26. The number of hydrogen-bond acceptors (Lipinski definition) is 5. The van der Waals surface area contributed by atoms with Crippen LogP contribution in [0.25, 0.3) is 0 Å². The van der Waals surface area contributed by atoms with Crippen molar-refractivity contribution < 1.29 is 19.8 Å². The Balaban J connectivity index is 2.25. The van der Waals surface area contributed by atoms with E-state index in [2.05, 4.69) is 15.6 Å². The van der Waals surface area contributed by atoms with Crippen molar-refractivity contribution in [3.63, 3.8) is 0 Å². The molecule has 0 aromatic carbocycles. The molecule has 0 unspecified atom stereocenters. The van der Waals surface area contributed by atoms with Gasteiger partial charge in [0.1, 0.15) is 6.04 Å². The molecule has 0 saturated heterocycles. The molecule has 0 spiro atoms. The first-order valence-electron chi connectivity index (χ1n) is 5.40. The SMILES string of the molecule is O=C(NCCc1nccs1)N[C@@H](CCO)C(=O)O. The molecule has 0 aliphatic heterocycles. The van der Waals surface area contributed by atoms with Crippen LogP contribution in [-0.4, -0.2) is 46.4 Å². The third-order valence-corrected chi connectivity index (χ3v) is 2.97. The van der Waals surface area contributed by atoms with E-state index in [1.54, 1.807) is 6.20 Å². The fourth-order valence-corrected chi connectivity index (χ4v) is 1.88. The lowest BCUT2D eigenvalue weighted by Gasteiger charge is -2.13. The fourth-order valence-electron chi connectivity index (χ4n) is 1.26. The number of nitrogens with zero attached hydrogens (tertiary/aromatic N) is 1. The maximum Gasteiger partial charge on any atom is 0.326 e. The molecular formula is C10H15N3O4S. The van der Waals surface area contributed by atoms with Crippen molar-refractivity contribution in [3.8, 4) is 0 Å². The Bertz CT molecular complexity index is 382. The zero-order valence-electron chi connectivity index (χ0n) is 9.63. The number of amides is 2. The molecule has 100 valence electrons. The van der Waals surface area contributed by atoms with Crippen LogP contribution in [0.5, 0.6) is 0 Å². The topological polar surface area (TPSA) is 112 Å². The Morgan fingerprint density at radius 3 is 2.83 bits per heavy atom. The molecule has 1 atom stereocenters. The van der Waals surface area contributed by atoms with E-state index in [4.69, 9.17) is 10.2 Å². The number of aliphatic hydroxyl groups excluding tert-OH is 1. The van der Waals surface area contributed by atoms with Crippen LogP contribution < -0.4 is 10.6 Å². The number of thiazole rings is 1. The maximum atomic E-state index is 11.4. The van der Waals surface area contributed by atoms with Crippen LogP contribution in [0.1, 0.15) is 11.4 Å². The van der Waals surface area contributed by atoms with Crippen LogP contribution in [-0.2, 0) is 11.2 Å². The van der Waals surface area contributed by atoms with Gasteiger partial charge in [-0.2, -0.15) is 0 Å². The molecule has 0 fully saturated rings. The average Bonchev–Trinajstić information content (AvgIpc) is 2.81. The molecule has 1 heterocycles. The molecule has 4 N–H and O–H groups in total. The number of carbonyl (C=O) groups excluding carboxylic acids is 1. The van der Waals surface area contributed by atoms with Crippen molar-refractivity contribution in [1.29, 1.82) is 0 Å². The molecule has 1 aromatic rings. The van der Waals surface area contributed by atoms with Crippen molar-refractivity contribution in [2.75, 3.05) is 13.2 Å². The summed E-state index contributed by atoms with van der Waals surface area (Å²) >= 11 is 1.49. The van der Waals surface area contributed by atoms with E-state index < -0.39 is 18.0 Å². The molecule has 0 bridgehead atoms. The van der Waals surface area contributed by atoms with E-state index in [1.807, 2.05) is 5.38 Å². The lowest BCUT2D eigenvalue weighted by Crippen LogP contribution is -2.46. The number of nitrogens with one attached hydrogen (secondary N) is 2. The third-order valence-electron chi connectivity index (χ3n) is 2.13. The van der Waals surface area contributed by atoms with Crippen molar-refractivity contribution >= 4 is 23.3 Å². The number of aliphatic carboxylic acids is 1. The highest BCUT2D eigenvalue weighted by molar-refractivity contribution is 7.09. The quantitative estimate of drug-likeness (QED) is 0.550. The number of aliphatic hydroxyl groups is 1. The largest absolute Gasteiger partial charge is 0.480 e. The Kier molecular flexibility index (Phi) is 6.09. The number of rotatable bonds is 7. The average molecular weight is 273 g/mol. The van der Waals surface area contributed by atoms with Gasteiger partial charge in [0.05, 0.1) is 5.01 Å². The van der Waals surface area contributed by atoms with Crippen molar-refractivity contribution in [3.05, 3.63) is 16.6 Å². The van der Waals surface area contributed by atoms with Crippen molar-refractivity contribution in [2.45, 2.75) is 18.9 Å². The second-order valence-electron chi connectivity index (χ2n) is 3.48. The highest BCUT2D eigenvalue weighted by Gasteiger charge is 2.18. The molecule has 0 radical (unpaired) electrons. The van der Waals surface area contributed by atoms with Gasteiger partial charge in [0, 0.05) is 37.6 Å². The molecule has 7 nitrogen and oxygen atoms in total. The van der Waals surface area contributed by atoms with E-state index in [1.165, 1.54) is 11.3 Å². The van der Waals surface area contributed by atoms with E-state index >= 15 is 0 Å². The molecule has 0 aliphatic carbocycles. The Hall–Kier alpha value is -1.67. The Morgan fingerprint density at radius 1 is 1.50 bits per heavy atom. The lowest BCUT2D eigenvalue weighted by molar-refractivity contribution is -0.139. The number of carboxylic acid groups (broad SMARTS) is 1. The molecule has 1 aromatic heterocycles. The van der Waals surface area contributed by atoms with Gasteiger partial charge in [0.15, 0.2) is 0 Å². The number of urea groups is 1. The van der Waals surface area contributed by atoms with Crippen LogP contribution in [0, 0.1) is 0 Å². The zero-order chi connectivity index (χ0) is 13.4. The van der Waals surface area contributed by atoms with Gasteiger partial charge in [0.2, 0.25) is 0 Å². The minimum atomic E-state index is -1.17. The third kappa shape index (κ3) is 5.11. The summed E-state index contributed by atoms with van der Waals surface area (Å²) in [6.45, 7) is 0.0845. The highest BCUT2D eigenvalue weighted by Crippen LogP contribution is 2.03. The minimum absolute atomic E-state index is 0.0186. The molecule has 1 rings (SSSR count). The van der Waals surface area contributed by atoms with Crippen LogP contribution in [0.15, 0.2) is 11.6 Å². The molecule has 8 heteroatoms. The van der Waals surface area contributed by atoms with Crippen LogP contribution in [0.2, 0.25) is 0 Å². The van der Waals surface area contributed by atoms with Gasteiger partial charge in [-0.1, -0.05) is 0 Å². The van der Waals surface area contributed by atoms with Gasteiger partial charge in [0.25, 0.3) is 0 Å². The summed E-state index contributed by atoms with van der Waals surface area (Å²) in [4.78, 5) is 26.2. The summed E-state index contributed by atoms with van der Waals surface area (Å²) < 4.78 is 0. The van der Waals surface area contributed by atoms with Crippen molar-refractivity contribution in [2.24, 2.45) is 0 Å². The smallest absolute Gasteiger partial charge is 0.326 e. The molecule has 0 aliphatic rings. The number of carboxylic acids is 1. The van der Waals surface area contributed by atoms with Crippen molar-refractivity contribution in [1.82, 2.24) is 15.6 Å². The summed E-state index contributed by atoms with van der Waals surface area (Å²) in [6, 6.07) is -1.64. The van der Waals surface area contributed by atoms with E-state index in [9.17, 15) is 9.59 Å². The minimum Gasteiger partial charge on any atom is -0.480 e. The zero-order valence-corrected chi connectivity index (χ0v) is 10.4. The summed E-state index contributed by atoms with van der Waals surface area (Å²) in [7, 11) is 0. The Labute approximate surface area is 108 Å². The first-order chi connectivity index (χ1) is 8.63. The first kappa shape index (κ1) is 14.4. The van der Waals surface area contributed by atoms with Crippen LogP contribution >= 0.6 is 11.3 Å². The monoisotopic (exact) mass is 273 g/mol.